The number of hydrogen-bond donors (Lipinski definition) is 1. The predicted octanol–water partition coefficient (Wildman–Crippen LogP) is 3.91. The number of alkyl halides is 3. The highest BCUT2D eigenvalue weighted by atomic mass is 35.5. The van der Waals surface area contributed by atoms with Crippen LogP contribution in [0.3, 0.4) is 0 Å². The highest BCUT2D eigenvalue weighted by Crippen LogP contribution is 2.21. The van der Waals surface area contributed by atoms with Gasteiger partial charge in [0.25, 0.3) is 0 Å². The van der Waals surface area contributed by atoms with E-state index in [-0.39, 0.29) is 18.0 Å². The second kappa shape index (κ2) is 6.21. The number of hydrogen-bond acceptors (Lipinski definition) is 1. The normalized spacial score (nSPS) is 11.8. The average molecular weight is 270 g/mol. The van der Waals surface area contributed by atoms with E-state index in [2.05, 4.69) is 5.32 Å². The van der Waals surface area contributed by atoms with Crippen molar-refractivity contribution in [2.75, 3.05) is 6.54 Å². The lowest BCUT2D eigenvalue weighted by Gasteiger charge is -2.08. The van der Waals surface area contributed by atoms with E-state index in [1.54, 1.807) is 0 Å². The summed E-state index contributed by atoms with van der Waals surface area (Å²) in [5.74, 6) is -0.434. The van der Waals surface area contributed by atoms with Crippen LogP contribution in [0.1, 0.15) is 18.4 Å². The lowest BCUT2D eigenvalue weighted by atomic mass is 10.2. The molecule has 0 amide bonds. The van der Waals surface area contributed by atoms with E-state index in [0.29, 0.717) is 12.1 Å². The van der Waals surface area contributed by atoms with Gasteiger partial charge < -0.3 is 5.32 Å². The molecule has 1 N–H and O–H groups in total. The lowest BCUT2D eigenvalue weighted by Crippen LogP contribution is -2.18. The van der Waals surface area contributed by atoms with Gasteiger partial charge >= 0.3 is 6.18 Å². The van der Waals surface area contributed by atoms with Crippen LogP contribution in [-0.4, -0.2) is 12.7 Å². The zero-order valence-electron chi connectivity index (χ0n) is 8.95. The molecule has 0 atom stereocenters. The molecule has 1 aromatic carbocycles. The maximum absolute atomic E-state index is 12.7. The van der Waals surface area contributed by atoms with Gasteiger partial charge in [0.05, 0.1) is 0 Å². The van der Waals surface area contributed by atoms with Gasteiger partial charge in [0.15, 0.2) is 0 Å². The number of halogens is 5. The van der Waals surface area contributed by atoms with E-state index in [0.717, 1.165) is 0 Å². The summed E-state index contributed by atoms with van der Waals surface area (Å²) < 4.78 is 48.2. The number of rotatable bonds is 5. The summed E-state index contributed by atoms with van der Waals surface area (Å²) in [7, 11) is 0. The van der Waals surface area contributed by atoms with Crippen molar-refractivity contribution in [2.45, 2.75) is 25.6 Å². The highest BCUT2D eigenvalue weighted by molar-refractivity contribution is 6.31. The number of benzene rings is 1. The van der Waals surface area contributed by atoms with E-state index in [1.165, 1.54) is 18.2 Å². The molecule has 0 saturated carbocycles. The molecule has 0 bridgehead atoms. The maximum Gasteiger partial charge on any atom is 0.389 e. The van der Waals surface area contributed by atoms with Crippen molar-refractivity contribution in [3.8, 4) is 0 Å². The third-order valence-electron chi connectivity index (χ3n) is 2.14. The van der Waals surface area contributed by atoms with Crippen molar-refractivity contribution in [3.05, 3.63) is 34.6 Å². The molecule has 0 radical (unpaired) electrons. The van der Waals surface area contributed by atoms with Crippen molar-refractivity contribution < 1.29 is 17.6 Å². The van der Waals surface area contributed by atoms with E-state index in [1.807, 2.05) is 0 Å². The molecular formula is C11H12ClF4N. The monoisotopic (exact) mass is 269 g/mol. The number of nitrogens with one attached hydrogen (secondary N) is 1. The predicted molar refractivity (Wildman–Crippen MR) is 58.4 cm³/mol. The van der Waals surface area contributed by atoms with E-state index < -0.39 is 18.4 Å². The zero-order valence-corrected chi connectivity index (χ0v) is 9.71. The summed E-state index contributed by atoms with van der Waals surface area (Å²) in [4.78, 5) is 0. The Labute approximate surface area is 102 Å². The van der Waals surface area contributed by atoms with Crippen molar-refractivity contribution >= 4 is 11.6 Å². The first-order chi connectivity index (χ1) is 7.88. The van der Waals surface area contributed by atoms with Crippen LogP contribution in [0.15, 0.2) is 18.2 Å². The topological polar surface area (TPSA) is 12.0 Å². The van der Waals surface area contributed by atoms with Gasteiger partial charge in [-0.05, 0) is 30.7 Å². The summed E-state index contributed by atoms with van der Waals surface area (Å²) in [6, 6.07) is 3.95. The highest BCUT2D eigenvalue weighted by Gasteiger charge is 2.25. The van der Waals surface area contributed by atoms with Gasteiger partial charge in [-0.1, -0.05) is 17.7 Å². The smallest absolute Gasteiger partial charge is 0.313 e. The Bertz CT molecular complexity index is 365. The fourth-order valence-electron chi connectivity index (χ4n) is 1.30. The van der Waals surface area contributed by atoms with Gasteiger partial charge in [-0.2, -0.15) is 13.2 Å². The molecule has 1 rings (SSSR count). The van der Waals surface area contributed by atoms with Crippen LogP contribution >= 0.6 is 11.6 Å². The lowest BCUT2D eigenvalue weighted by molar-refractivity contribution is -0.135. The summed E-state index contributed by atoms with van der Waals surface area (Å²) in [5, 5.41) is 3.10. The zero-order chi connectivity index (χ0) is 12.9. The van der Waals surface area contributed by atoms with Gasteiger partial charge in [0.1, 0.15) is 5.82 Å². The molecule has 0 aliphatic rings. The molecule has 0 aliphatic carbocycles. The molecule has 96 valence electrons. The molecule has 0 saturated heterocycles. The quantitative estimate of drug-likeness (QED) is 0.631. The Hall–Kier alpha value is -0.810. The van der Waals surface area contributed by atoms with Gasteiger partial charge in [-0.3, -0.25) is 0 Å². The van der Waals surface area contributed by atoms with Crippen molar-refractivity contribution in [1.82, 2.24) is 5.32 Å². The Balaban J connectivity index is 2.27. The molecule has 0 unspecified atom stereocenters. The van der Waals surface area contributed by atoms with E-state index in [9.17, 15) is 17.6 Å². The molecule has 0 aromatic heterocycles. The molecule has 0 fully saturated rings. The minimum Gasteiger partial charge on any atom is -0.313 e. The van der Waals surface area contributed by atoms with Crippen LogP contribution in [-0.2, 0) is 6.54 Å². The second-order valence-electron chi connectivity index (χ2n) is 3.63. The van der Waals surface area contributed by atoms with Crippen LogP contribution in [0.2, 0.25) is 5.02 Å². The maximum atomic E-state index is 12.7. The third kappa shape index (κ3) is 5.89. The van der Waals surface area contributed by atoms with Crippen molar-refractivity contribution in [2.24, 2.45) is 0 Å². The van der Waals surface area contributed by atoms with E-state index >= 15 is 0 Å². The Morgan fingerprint density at radius 2 is 1.94 bits per heavy atom. The van der Waals surface area contributed by atoms with Gasteiger partial charge in [-0.15, -0.1) is 0 Å². The Morgan fingerprint density at radius 1 is 1.24 bits per heavy atom. The summed E-state index contributed by atoms with van der Waals surface area (Å²) >= 11 is 5.75. The minimum absolute atomic E-state index is 0.0162. The van der Waals surface area contributed by atoms with Crippen LogP contribution in [0, 0.1) is 5.82 Å². The minimum atomic E-state index is -4.12. The first-order valence-corrected chi connectivity index (χ1v) is 5.48. The fraction of sp³-hybridized carbons (Fsp3) is 0.455. The third-order valence-corrected chi connectivity index (χ3v) is 2.50. The molecular weight excluding hydrogens is 258 g/mol. The van der Waals surface area contributed by atoms with Crippen LogP contribution < -0.4 is 5.32 Å². The van der Waals surface area contributed by atoms with Gasteiger partial charge in [0.2, 0.25) is 0 Å². The van der Waals surface area contributed by atoms with Crippen LogP contribution in [0.4, 0.5) is 17.6 Å². The SMILES string of the molecule is Fc1ccc(CNCCCC(F)(F)F)c(Cl)c1. The Kier molecular flexibility index (Phi) is 5.21. The first kappa shape index (κ1) is 14.3. The van der Waals surface area contributed by atoms with Crippen LogP contribution in [0.25, 0.3) is 0 Å². The Morgan fingerprint density at radius 3 is 2.53 bits per heavy atom. The van der Waals surface area contributed by atoms with Gasteiger partial charge in [0, 0.05) is 18.0 Å². The molecule has 6 heteroatoms. The molecule has 1 aromatic rings. The summed E-state index contributed by atoms with van der Waals surface area (Å²) in [6.07, 6.45) is -4.91. The molecule has 0 heterocycles. The molecule has 0 aliphatic heterocycles. The second-order valence-corrected chi connectivity index (χ2v) is 4.04. The summed E-state index contributed by atoms with van der Waals surface area (Å²) in [6.45, 7) is 0.574. The molecule has 17 heavy (non-hydrogen) atoms. The van der Waals surface area contributed by atoms with Crippen LogP contribution in [0.5, 0.6) is 0 Å². The largest absolute Gasteiger partial charge is 0.389 e. The van der Waals surface area contributed by atoms with Crippen molar-refractivity contribution in [1.29, 1.82) is 0 Å². The summed E-state index contributed by atoms with van der Waals surface area (Å²) in [5.41, 5.74) is 0.667. The van der Waals surface area contributed by atoms with E-state index in [4.69, 9.17) is 11.6 Å². The standard InChI is InChI=1S/C11H12ClF4N/c12-10-6-9(13)3-2-8(10)7-17-5-1-4-11(14,15)16/h2-3,6,17H,1,4-5,7H2. The fourth-order valence-corrected chi connectivity index (χ4v) is 1.54. The molecule has 1 nitrogen and oxygen atoms in total. The van der Waals surface area contributed by atoms with Gasteiger partial charge in [-0.25, -0.2) is 4.39 Å². The molecule has 0 spiro atoms. The first-order valence-electron chi connectivity index (χ1n) is 5.10. The van der Waals surface area contributed by atoms with Crippen molar-refractivity contribution in [3.63, 3.8) is 0 Å². The average Bonchev–Trinajstić information content (AvgIpc) is 2.18.